The van der Waals surface area contributed by atoms with Crippen LogP contribution in [-0.2, 0) is 0 Å². The Morgan fingerprint density at radius 3 is 2.21 bits per heavy atom. The molecule has 3 aliphatic rings. The molecule has 0 spiro atoms. The minimum absolute atomic E-state index is 0.877. The van der Waals surface area contributed by atoms with Crippen molar-refractivity contribution in [2.45, 2.75) is 130 Å². The van der Waals surface area contributed by atoms with Crippen molar-refractivity contribution in [3.05, 3.63) is 11.6 Å². The smallest absolute Gasteiger partial charge is 0.0286 e. The molecule has 168 valence electrons. The van der Waals surface area contributed by atoms with Crippen LogP contribution in [0.4, 0.5) is 0 Å². The second-order valence-corrected chi connectivity index (χ2v) is 11.5. The fourth-order valence-electron chi connectivity index (χ4n) is 7.41. The summed E-state index contributed by atoms with van der Waals surface area (Å²) in [4.78, 5) is 0. The number of fused-ring (bicyclic) bond motifs is 1. The fraction of sp³-hybridized carbons (Fsp3) is 0.931. The molecule has 0 N–H and O–H groups in total. The number of allylic oxidation sites excluding steroid dienone is 2. The van der Waals surface area contributed by atoms with Crippen LogP contribution >= 0.6 is 0 Å². The maximum absolute atomic E-state index is 2.73. The second-order valence-electron chi connectivity index (χ2n) is 11.5. The van der Waals surface area contributed by atoms with Crippen molar-refractivity contribution >= 4 is 0 Å². The van der Waals surface area contributed by atoms with E-state index in [4.69, 9.17) is 0 Å². The number of rotatable bonds is 8. The second kappa shape index (κ2) is 12.0. The van der Waals surface area contributed by atoms with Gasteiger partial charge in [-0.05, 0) is 80.0 Å². The van der Waals surface area contributed by atoms with E-state index in [1.165, 1.54) is 103 Å². The Morgan fingerprint density at radius 2 is 1.48 bits per heavy atom. The molecule has 0 aromatic carbocycles. The highest BCUT2D eigenvalue weighted by Crippen LogP contribution is 2.51. The third kappa shape index (κ3) is 6.61. The van der Waals surface area contributed by atoms with E-state index in [-0.39, 0.29) is 0 Å². The molecule has 0 aromatic heterocycles. The molecule has 6 atom stereocenters. The molecular weight excluding hydrogens is 348 g/mol. The largest absolute Gasteiger partial charge is 0.0853 e. The van der Waals surface area contributed by atoms with Gasteiger partial charge in [0, 0.05) is 0 Å². The molecule has 3 fully saturated rings. The van der Waals surface area contributed by atoms with Gasteiger partial charge in [0.05, 0.1) is 0 Å². The molecule has 0 aromatic rings. The number of hydrogen-bond acceptors (Lipinski definition) is 0. The minimum atomic E-state index is 0.877. The van der Waals surface area contributed by atoms with Crippen molar-refractivity contribution in [3.63, 3.8) is 0 Å². The van der Waals surface area contributed by atoms with Crippen molar-refractivity contribution in [3.8, 4) is 0 Å². The molecular formula is C29H52. The molecule has 0 radical (unpaired) electrons. The molecule has 0 aliphatic heterocycles. The first kappa shape index (κ1) is 23.4. The Kier molecular flexibility index (Phi) is 9.64. The number of unbranched alkanes of at least 4 members (excludes halogenated alkanes) is 3. The van der Waals surface area contributed by atoms with Crippen LogP contribution in [0.1, 0.15) is 130 Å². The maximum Gasteiger partial charge on any atom is -0.0286 e. The highest BCUT2D eigenvalue weighted by Gasteiger charge is 2.42. The van der Waals surface area contributed by atoms with E-state index in [2.05, 4.69) is 33.8 Å². The van der Waals surface area contributed by atoms with E-state index >= 15 is 0 Å². The molecule has 0 nitrogen and oxygen atoms in total. The molecule has 0 amide bonds. The van der Waals surface area contributed by atoms with Crippen molar-refractivity contribution < 1.29 is 0 Å². The van der Waals surface area contributed by atoms with E-state index in [9.17, 15) is 0 Å². The predicted octanol–water partition coefficient (Wildman–Crippen LogP) is 9.59. The van der Waals surface area contributed by atoms with Gasteiger partial charge in [0.15, 0.2) is 0 Å². The predicted molar refractivity (Wildman–Crippen MR) is 129 cm³/mol. The Morgan fingerprint density at radius 1 is 0.759 bits per heavy atom. The normalized spacial score (nSPS) is 38.0. The van der Waals surface area contributed by atoms with E-state index in [1.54, 1.807) is 0 Å². The van der Waals surface area contributed by atoms with Crippen LogP contribution in [-0.4, -0.2) is 0 Å². The maximum atomic E-state index is 2.73. The van der Waals surface area contributed by atoms with E-state index < -0.39 is 0 Å². The minimum Gasteiger partial charge on any atom is -0.0853 e. The lowest BCUT2D eigenvalue weighted by molar-refractivity contribution is 0.241. The van der Waals surface area contributed by atoms with Gasteiger partial charge >= 0.3 is 0 Å². The lowest BCUT2D eigenvalue weighted by atomic mass is 9.78. The van der Waals surface area contributed by atoms with Gasteiger partial charge in [0.25, 0.3) is 0 Å². The first-order valence-corrected chi connectivity index (χ1v) is 13.8. The summed E-state index contributed by atoms with van der Waals surface area (Å²) in [5, 5.41) is 0. The Hall–Kier alpha value is -0.260. The molecule has 0 saturated heterocycles. The fourth-order valence-corrected chi connectivity index (χ4v) is 7.41. The summed E-state index contributed by atoms with van der Waals surface area (Å²) in [7, 11) is 0. The highest BCUT2D eigenvalue weighted by molar-refractivity contribution is 5.08. The van der Waals surface area contributed by atoms with Crippen LogP contribution in [0, 0.1) is 41.4 Å². The third-order valence-electron chi connectivity index (χ3n) is 9.65. The standard InChI is InChI=1S/C29H52/c1-5-26-21-27(6-2)29-20-25(19-23(4)22(3)17-18-28(26)29)16-10-8-7-9-13-24-14-11-12-15-24/h16,22-24,26-29H,5-15,17-21H2,1-4H3/b25-16+. The Bertz CT molecular complexity index is 482. The zero-order valence-electron chi connectivity index (χ0n) is 20.4. The molecule has 3 rings (SSSR count). The van der Waals surface area contributed by atoms with Crippen molar-refractivity contribution in [2.24, 2.45) is 41.4 Å². The molecule has 3 aliphatic carbocycles. The first-order chi connectivity index (χ1) is 14.1. The van der Waals surface area contributed by atoms with Gasteiger partial charge in [-0.2, -0.15) is 0 Å². The average molecular weight is 401 g/mol. The van der Waals surface area contributed by atoms with Gasteiger partial charge in [0.2, 0.25) is 0 Å². The summed E-state index contributed by atoms with van der Waals surface area (Å²) in [6, 6.07) is 0. The van der Waals surface area contributed by atoms with Crippen LogP contribution in [0.5, 0.6) is 0 Å². The molecule has 6 unspecified atom stereocenters. The summed E-state index contributed by atoms with van der Waals surface area (Å²) in [5.74, 6) is 6.90. The van der Waals surface area contributed by atoms with Crippen LogP contribution in [0.15, 0.2) is 11.6 Å². The van der Waals surface area contributed by atoms with Crippen molar-refractivity contribution in [1.82, 2.24) is 0 Å². The molecule has 0 heteroatoms. The summed E-state index contributed by atoms with van der Waals surface area (Å²) in [6.07, 6.45) is 26.2. The molecule has 29 heavy (non-hydrogen) atoms. The summed E-state index contributed by atoms with van der Waals surface area (Å²) >= 11 is 0. The summed E-state index contributed by atoms with van der Waals surface area (Å²) in [5.41, 5.74) is 1.85. The average Bonchev–Trinajstić information content (AvgIpc) is 3.36. The SMILES string of the molecule is CCC1CC(CC)C2C/C(=C/CCCCCC3CCCC3)CC(C)C(C)CCC12. The van der Waals surface area contributed by atoms with Gasteiger partial charge in [-0.3, -0.25) is 0 Å². The summed E-state index contributed by atoms with van der Waals surface area (Å²) in [6.45, 7) is 10.0. The van der Waals surface area contributed by atoms with Gasteiger partial charge < -0.3 is 0 Å². The number of hydrogen-bond donors (Lipinski definition) is 0. The summed E-state index contributed by atoms with van der Waals surface area (Å²) < 4.78 is 0. The Balaban J connectivity index is 1.55. The lowest BCUT2D eigenvalue weighted by Crippen LogP contribution is -2.18. The van der Waals surface area contributed by atoms with Gasteiger partial charge in [-0.25, -0.2) is 0 Å². The lowest BCUT2D eigenvalue weighted by Gasteiger charge is -2.27. The third-order valence-corrected chi connectivity index (χ3v) is 9.65. The molecule has 0 bridgehead atoms. The van der Waals surface area contributed by atoms with Crippen LogP contribution in [0.3, 0.4) is 0 Å². The van der Waals surface area contributed by atoms with Crippen molar-refractivity contribution in [1.29, 1.82) is 0 Å². The van der Waals surface area contributed by atoms with Crippen molar-refractivity contribution in [2.75, 3.05) is 0 Å². The van der Waals surface area contributed by atoms with Crippen LogP contribution in [0.2, 0.25) is 0 Å². The zero-order chi connectivity index (χ0) is 20.6. The van der Waals surface area contributed by atoms with E-state index in [0.717, 1.165) is 41.4 Å². The Labute approximate surface area is 183 Å². The van der Waals surface area contributed by atoms with Crippen LogP contribution in [0.25, 0.3) is 0 Å². The van der Waals surface area contributed by atoms with Gasteiger partial charge in [-0.1, -0.05) is 104 Å². The molecule has 3 saturated carbocycles. The van der Waals surface area contributed by atoms with Gasteiger partial charge in [0.1, 0.15) is 0 Å². The first-order valence-electron chi connectivity index (χ1n) is 13.8. The quantitative estimate of drug-likeness (QED) is 0.281. The van der Waals surface area contributed by atoms with Gasteiger partial charge in [-0.15, -0.1) is 0 Å². The van der Waals surface area contributed by atoms with E-state index in [0.29, 0.717) is 0 Å². The van der Waals surface area contributed by atoms with Crippen LogP contribution < -0.4 is 0 Å². The highest BCUT2D eigenvalue weighted by atomic mass is 14.5. The molecule has 0 heterocycles. The topological polar surface area (TPSA) is 0 Å². The van der Waals surface area contributed by atoms with E-state index in [1.807, 2.05) is 5.57 Å². The zero-order valence-corrected chi connectivity index (χ0v) is 20.4. The monoisotopic (exact) mass is 400 g/mol.